The highest BCUT2D eigenvalue weighted by molar-refractivity contribution is 5.99. The highest BCUT2D eigenvalue weighted by atomic mass is 16.5. The lowest BCUT2D eigenvalue weighted by atomic mass is 10.2. The minimum absolute atomic E-state index is 0.0773. The number of rotatable bonds is 5. The van der Waals surface area contributed by atoms with Crippen LogP contribution in [-0.2, 0) is 4.79 Å². The van der Waals surface area contributed by atoms with Crippen molar-refractivity contribution in [2.45, 2.75) is 39.3 Å². The fourth-order valence-corrected chi connectivity index (χ4v) is 2.26. The summed E-state index contributed by atoms with van der Waals surface area (Å²) >= 11 is 0. The van der Waals surface area contributed by atoms with Crippen LogP contribution in [-0.4, -0.2) is 36.1 Å². The molecule has 19 heavy (non-hydrogen) atoms. The molecule has 1 aliphatic rings. The summed E-state index contributed by atoms with van der Waals surface area (Å²) in [6.07, 6.45) is 2.53. The third-order valence-corrected chi connectivity index (χ3v) is 3.06. The van der Waals surface area contributed by atoms with Gasteiger partial charge in [-0.3, -0.25) is 4.79 Å². The Morgan fingerprint density at radius 1 is 1.53 bits per heavy atom. The average Bonchev–Trinajstić information content (AvgIpc) is 2.72. The molecule has 5 nitrogen and oxygen atoms in total. The van der Waals surface area contributed by atoms with Crippen LogP contribution in [0.4, 0.5) is 5.69 Å². The van der Waals surface area contributed by atoms with E-state index in [-0.39, 0.29) is 11.9 Å². The number of anilines is 1. The van der Waals surface area contributed by atoms with E-state index in [0.29, 0.717) is 18.5 Å². The number of pyridine rings is 1. The van der Waals surface area contributed by atoms with Gasteiger partial charge in [-0.1, -0.05) is 13.8 Å². The van der Waals surface area contributed by atoms with Crippen molar-refractivity contribution in [3.8, 4) is 5.88 Å². The Morgan fingerprint density at radius 3 is 2.89 bits per heavy atom. The largest absolute Gasteiger partial charge is 0.478 e. The molecule has 1 aliphatic heterocycles. The fraction of sp³-hybridized carbons (Fsp3) is 0.571. The normalized spacial score (nSPS) is 19.3. The van der Waals surface area contributed by atoms with E-state index in [1.54, 1.807) is 17.2 Å². The van der Waals surface area contributed by atoms with Crippen LogP contribution in [0.1, 0.15) is 27.2 Å². The zero-order chi connectivity index (χ0) is 13.8. The maximum atomic E-state index is 12.3. The van der Waals surface area contributed by atoms with Gasteiger partial charge >= 0.3 is 0 Å². The second-order valence-electron chi connectivity index (χ2n) is 4.94. The van der Waals surface area contributed by atoms with Crippen molar-refractivity contribution >= 4 is 11.6 Å². The molecule has 104 valence electrons. The topological polar surface area (TPSA) is 54.5 Å². The molecule has 1 fully saturated rings. The number of nitrogens with zero attached hydrogens (tertiary/aromatic N) is 2. The van der Waals surface area contributed by atoms with Crippen LogP contribution in [0.5, 0.6) is 5.88 Å². The van der Waals surface area contributed by atoms with Crippen LogP contribution >= 0.6 is 0 Å². The van der Waals surface area contributed by atoms with Gasteiger partial charge in [0.15, 0.2) is 0 Å². The van der Waals surface area contributed by atoms with Crippen LogP contribution in [0.2, 0.25) is 0 Å². The number of amides is 1. The summed E-state index contributed by atoms with van der Waals surface area (Å²) in [6, 6.07) is 3.92. The molecule has 0 aromatic carbocycles. The molecule has 0 bridgehead atoms. The van der Waals surface area contributed by atoms with Crippen molar-refractivity contribution in [1.82, 2.24) is 10.3 Å². The first kappa shape index (κ1) is 13.8. The van der Waals surface area contributed by atoms with E-state index in [2.05, 4.69) is 10.3 Å². The Balaban J connectivity index is 2.04. The van der Waals surface area contributed by atoms with Gasteiger partial charge in [-0.25, -0.2) is 4.98 Å². The highest BCUT2D eigenvalue weighted by Gasteiger charge is 2.32. The van der Waals surface area contributed by atoms with E-state index in [1.165, 1.54) is 0 Å². The number of carbonyl (C=O) groups excluding carboxylic acids is 1. The van der Waals surface area contributed by atoms with Gasteiger partial charge in [0, 0.05) is 18.7 Å². The number of hydrogen-bond acceptors (Lipinski definition) is 4. The van der Waals surface area contributed by atoms with E-state index in [4.69, 9.17) is 4.74 Å². The smallest absolute Gasteiger partial charge is 0.244 e. The number of ether oxygens (including phenoxy) is 1. The second-order valence-corrected chi connectivity index (χ2v) is 4.94. The van der Waals surface area contributed by atoms with E-state index in [1.807, 2.05) is 26.8 Å². The van der Waals surface area contributed by atoms with Crippen molar-refractivity contribution in [2.75, 3.05) is 18.1 Å². The summed E-state index contributed by atoms with van der Waals surface area (Å²) < 4.78 is 5.30. The van der Waals surface area contributed by atoms with Crippen LogP contribution in [0.15, 0.2) is 18.3 Å². The van der Waals surface area contributed by atoms with Crippen molar-refractivity contribution in [3.63, 3.8) is 0 Å². The van der Waals surface area contributed by atoms with E-state index < -0.39 is 0 Å². The lowest BCUT2D eigenvalue weighted by Crippen LogP contribution is -2.41. The quantitative estimate of drug-likeness (QED) is 0.876. The van der Waals surface area contributed by atoms with Gasteiger partial charge in [-0.2, -0.15) is 0 Å². The summed E-state index contributed by atoms with van der Waals surface area (Å²) in [5, 5.41) is 3.29. The van der Waals surface area contributed by atoms with Crippen molar-refractivity contribution in [2.24, 2.45) is 0 Å². The highest BCUT2D eigenvalue weighted by Crippen LogP contribution is 2.22. The van der Waals surface area contributed by atoms with E-state index >= 15 is 0 Å². The molecule has 1 aromatic rings. The molecular formula is C14H21N3O2. The SMILES string of the molecule is CCOc1ccc(N2CCC(NC(C)C)C2=O)cn1. The maximum Gasteiger partial charge on any atom is 0.244 e. The summed E-state index contributed by atoms with van der Waals surface area (Å²) in [5.74, 6) is 0.717. The molecule has 0 radical (unpaired) electrons. The summed E-state index contributed by atoms with van der Waals surface area (Å²) in [7, 11) is 0. The number of hydrogen-bond donors (Lipinski definition) is 1. The lowest BCUT2D eigenvalue weighted by Gasteiger charge is -2.18. The first-order chi connectivity index (χ1) is 9.11. The van der Waals surface area contributed by atoms with Crippen molar-refractivity contribution in [1.29, 1.82) is 0 Å². The monoisotopic (exact) mass is 263 g/mol. The molecule has 5 heteroatoms. The van der Waals surface area contributed by atoms with Crippen LogP contribution in [0, 0.1) is 0 Å². The molecule has 2 rings (SSSR count). The molecular weight excluding hydrogens is 242 g/mol. The standard InChI is InChI=1S/C14H21N3O2/c1-4-19-13-6-5-11(9-15-13)17-8-7-12(14(17)18)16-10(2)3/h5-6,9-10,12,16H,4,7-8H2,1-3H3. The predicted molar refractivity (Wildman–Crippen MR) is 74.4 cm³/mol. The molecule has 0 saturated carbocycles. The zero-order valence-electron chi connectivity index (χ0n) is 11.7. The number of aromatic nitrogens is 1. The van der Waals surface area contributed by atoms with Gasteiger partial charge in [-0.15, -0.1) is 0 Å². The summed E-state index contributed by atoms with van der Waals surface area (Å²) in [4.78, 5) is 18.2. The Bertz CT molecular complexity index is 431. The summed E-state index contributed by atoms with van der Waals surface area (Å²) in [6.45, 7) is 7.35. The lowest BCUT2D eigenvalue weighted by molar-refractivity contribution is -0.118. The molecule has 0 aliphatic carbocycles. The third kappa shape index (κ3) is 3.23. The maximum absolute atomic E-state index is 12.3. The van der Waals surface area contributed by atoms with Crippen LogP contribution in [0.3, 0.4) is 0 Å². The third-order valence-electron chi connectivity index (χ3n) is 3.06. The molecule has 1 N–H and O–H groups in total. The first-order valence-corrected chi connectivity index (χ1v) is 6.78. The molecule has 1 unspecified atom stereocenters. The zero-order valence-corrected chi connectivity index (χ0v) is 11.7. The van der Waals surface area contributed by atoms with Gasteiger partial charge in [0.1, 0.15) is 0 Å². The Morgan fingerprint density at radius 2 is 2.32 bits per heavy atom. The molecule has 1 atom stereocenters. The molecule has 1 saturated heterocycles. The molecule has 1 amide bonds. The van der Waals surface area contributed by atoms with Gasteiger partial charge in [0.2, 0.25) is 11.8 Å². The van der Waals surface area contributed by atoms with E-state index in [0.717, 1.165) is 18.7 Å². The minimum Gasteiger partial charge on any atom is -0.478 e. The molecule has 1 aromatic heterocycles. The minimum atomic E-state index is -0.0773. The van der Waals surface area contributed by atoms with Gasteiger partial charge in [0.25, 0.3) is 0 Å². The Labute approximate surface area is 114 Å². The molecule has 0 spiro atoms. The average molecular weight is 263 g/mol. The van der Waals surface area contributed by atoms with Crippen molar-refractivity contribution in [3.05, 3.63) is 18.3 Å². The first-order valence-electron chi connectivity index (χ1n) is 6.78. The number of nitrogens with one attached hydrogen (secondary N) is 1. The van der Waals surface area contributed by atoms with Crippen LogP contribution < -0.4 is 15.0 Å². The summed E-state index contributed by atoms with van der Waals surface area (Å²) in [5.41, 5.74) is 0.835. The fourth-order valence-electron chi connectivity index (χ4n) is 2.26. The number of carbonyl (C=O) groups is 1. The predicted octanol–water partition coefficient (Wildman–Crippen LogP) is 1.58. The molecule has 2 heterocycles. The second kappa shape index (κ2) is 6.02. The van der Waals surface area contributed by atoms with Gasteiger partial charge in [-0.05, 0) is 19.4 Å². The Kier molecular flexibility index (Phi) is 4.37. The van der Waals surface area contributed by atoms with Crippen molar-refractivity contribution < 1.29 is 9.53 Å². The van der Waals surface area contributed by atoms with Gasteiger partial charge in [0.05, 0.1) is 24.5 Å². The van der Waals surface area contributed by atoms with E-state index in [9.17, 15) is 4.79 Å². The Hall–Kier alpha value is -1.62. The van der Waals surface area contributed by atoms with Gasteiger partial charge < -0.3 is 15.0 Å². The van der Waals surface area contributed by atoms with Crippen LogP contribution in [0.25, 0.3) is 0 Å².